The maximum absolute atomic E-state index is 12.7. The van der Waals surface area contributed by atoms with Gasteiger partial charge >= 0.3 is 6.18 Å². The Labute approximate surface area is 171 Å². The number of carbonyl (C=O) groups excluding carboxylic acids is 1. The molecule has 1 fully saturated rings. The van der Waals surface area contributed by atoms with Crippen molar-refractivity contribution in [2.45, 2.75) is 31.2 Å². The number of amidine groups is 1. The van der Waals surface area contributed by atoms with Gasteiger partial charge < -0.3 is 20.5 Å². The smallest absolute Gasteiger partial charge is 0.348 e. The second-order valence-electron chi connectivity index (χ2n) is 7.53. The number of piperidine rings is 1. The van der Waals surface area contributed by atoms with E-state index in [1.165, 1.54) is 0 Å². The van der Waals surface area contributed by atoms with Crippen LogP contribution in [0.1, 0.15) is 40.7 Å². The van der Waals surface area contributed by atoms with E-state index >= 15 is 0 Å². The number of aromatic nitrogens is 1. The average molecular weight is 420 g/mol. The minimum atomic E-state index is -4.43. The molecule has 1 saturated heterocycles. The minimum absolute atomic E-state index is 0.0315. The van der Waals surface area contributed by atoms with Crippen LogP contribution in [0.3, 0.4) is 0 Å². The predicted molar refractivity (Wildman–Crippen MR) is 107 cm³/mol. The molecule has 0 spiro atoms. The highest BCUT2D eigenvalue weighted by molar-refractivity contribution is 6.05. The number of carbonyl (C=O) groups is 1. The van der Waals surface area contributed by atoms with Gasteiger partial charge in [0.05, 0.1) is 5.56 Å². The maximum atomic E-state index is 12.7. The standard InChI is InChI=1S/C20H23F3N6O/c21-19(22,23)12-26-17-15-8-9-25-16(15)27-20(24,28-17)14-6-4-13(5-7-14)18(30)29-10-2-1-3-11-29/h4-9,25,27H,1-3,10-12,24H2,(H,26,28). The van der Waals surface area contributed by atoms with Crippen molar-refractivity contribution < 1.29 is 18.0 Å². The van der Waals surface area contributed by atoms with Gasteiger partial charge in [-0.05, 0) is 37.5 Å². The third-order valence-electron chi connectivity index (χ3n) is 5.29. The van der Waals surface area contributed by atoms with E-state index in [9.17, 15) is 18.0 Å². The predicted octanol–water partition coefficient (Wildman–Crippen LogP) is 2.73. The molecule has 0 saturated carbocycles. The Morgan fingerprint density at radius 1 is 1.10 bits per heavy atom. The third-order valence-corrected chi connectivity index (χ3v) is 5.29. The van der Waals surface area contributed by atoms with Gasteiger partial charge in [-0.2, -0.15) is 13.2 Å². The maximum Gasteiger partial charge on any atom is 0.408 e. The Balaban J connectivity index is 1.58. The number of alkyl halides is 3. The summed E-state index contributed by atoms with van der Waals surface area (Å²) in [6, 6.07) is 8.35. The number of halogens is 3. The van der Waals surface area contributed by atoms with Gasteiger partial charge in [0.15, 0.2) is 5.79 Å². The molecule has 10 heteroatoms. The summed E-state index contributed by atoms with van der Waals surface area (Å²) in [6.45, 7) is 0.178. The number of aliphatic imine (C=N–C) groups is 1. The summed E-state index contributed by atoms with van der Waals surface area (Å²) in [5.41, 5.74) is 8.02. The monoisotopic (exact) mass is 420 g/mol. The van der Waals surface area contributed by atoms with E-state index in [0.29, 0.717) is 22.5 Å². The molecular formula is C20H23F3N6O. The molecule has 2 aliphatic rings. The molecule has 160 valence electrons. The van der Waals surface area contributed by atoms with Gasteiger partial charge in [-0.1, -0.05) is 12.1 Å². The van der Waals surface area contributed by atoms with Gasteiger partial charge in [0.2, 0.25) is 0 Å². The fourth-order valence-corrected chi connectivity index (χ4v) is 3.75. The van der Waals surface area contributed by atoms with Gasteiger partial charge in [-0.25, -0.2) is 0 Å². The summed E-state index contributed by atoms with van der Waals surface area (Å²) in [6.07, 6.45) is 0.303. The van der Waals surface area contributed by atoms with Crippen LogP contribution >= 0.6 is 0 Å². The topological polar surface area (TPSA) is 98.5 Å². The first-order valence-electron chi connectivity index (χ1n) is 9.79. The number of nitrogens with one attached hydrogen (secondary N) is 3. The quantitative estimate of drug-likeness (QED) is 0.614. The third kappa shape index (κ3) is 4.13. The van der Waals surface area contributed by atoms with E-state index in [1.54, 1.807) is 36.5 Å². The number of aromatic amines is 1. The Bertz CT molecular complexity index is 946. The van der Waals surface area contributed by atoms with Crippen LogP contribution in [0, 0.1) is 0 Å². The number of H-pyrrole nitrogens is 1. The van der Waals surface area contributed by atoms with E-state index in [0.717, 1.165) is 32.4 Å². The van der Waals surface area contributed by atoms with E-state index in [1.807, 2.05) is 4.90 Å². The molecule has 1 unspecified atom stereocenters. The van der Waals surface area contributed by atoms with Crippen LogP contribution < -0.4 is 16.4 Å². The largest absolute Gasteiger partial charge is 0.408 e. The fourth-order valence-electron chi connectivity index (χ4n) is 3.75. The van der Waals surface area contributed by atoms with Gasteiger partial charge in [0.1, 0.15) is 18.2 Å². The van der Waals surface area contributed by atoms with Crippen LogP contribution in [0.2, 0.25) is 0 Å². The van der Waals surface area contributed by atoms with Crippen LogP contribution in [0.5, 0.6) is 0 Å². The molecule has 5 N–H and O–H groups in total. The second kappa shape index (κ2) is 7.67. The van der Waals surface area contributed by atoms with E-state index in [4.69, 9.17) is 5.73 Å². The van der Waals surface area contributed by atoms with Crippen molar-refractivity contribution in [3.05, 3.63) is 53.2 Å². The molecule has 1 aromatic heterocycles. The summed E-state index contributed by atoms with van der Waals surface area (Å²) in [5.74, 6) is -0.922. The van der Waals surface area contributed by atoms with Gasteiger partial charge in [0.25, 0.3) is 5.91 Å². The average Bonchev–Trinajstić information content (AvgIpc) is 3.20. The first-order chi connectivity index (χ1) is 14.3. The highest BCUT2D eigenvalue weighted by Gasteiger charge is 2.36. The van der Waals surface area contributed by atoms with Crippen molar-refractivity contribution in [2.24, 2.45) is 10.7 Å². The molecule has 0 radical (unpaired) electrons. The number of amides is 1. The number of likely N-dealkylation sites (tertiary alicyclic amines) is 1. The molecule has 2 aliphatic heterocycles. The zero-order valence-corrected chi connectivity index (χ0v) is 16.2. The summed E-state index contributed by atoms with van der Waals surface area (Å²) in [4.78, 5) is 21.1. The molecule has 1 amide bonds. The van der Waals surface area contributed by atoms with Crippen LogP contribution in [-0.2, 0) is 5.79 Å². The van der Waals surface area contributed by atoms with Crippen molar-refractivity contribution in [3.8, 4) is 0 Å². The van der Waals surface area contributed by atoms with Crippen molar-refractivity contribution in [2.75, 3.05) is 25.0 Å². The number of anilines is 1. The summed E-state index contributed by atoms with van der Waals surface area (Å²) in [5, 5.41) is 5.94. The lowest BCUT2D eigenvalue weighted by Crippen LogP contribution is -2.61. The zero-order chi connectivity index (χ0) is 21.4. The highest BCUT2D eigenvalue weighted by Crippen LogP contribution is 2.28. The summed E-state index contributed by atoms with van der Waals surface area (Å²) < 4.78 is 38.0. The van der Waals surface area contributed by atoms with E-state index < -0.39 is 18.5 Å². The Morgan fingerprint density at radius 3 is 2.47 bits per heavy atom. The van der Waals surface area contributed by atoms with Crippen LogP contribution in [0.4, 0.5) is 19.0 Å². The van der Waals surface area contributed by atoms with Crippen LogP contribution in [-0.4, -0.2) is 47.4 Å². The molecule has 1 atom stereocenters. The van der Waals surface area contributed by atoms with E-state index in [-0.39, 0.29) is 11.7 Å². The molecule has 0 aliphatic carbocycles. The van der Waals surface area contributed by atoms with Crippen LogP contribution in [0.25, 0.3) is 0 Å². The van der Waals surface area contributed by atoms with Crippen molar-refractivity contribution in [3.63, 3.8) is 0 Å². The number of nitrogens with two attached hydrogens (primary N) is 1. The summed E-state index contributed by atoms with van der Waals surface area (Å²) >= 11 is 0. The second-order valence-corrected chi connectivity index (χ2v) is 7.53. The molecular weight excluding hydrogens is 397 g/mol. The first-order valence-corrected chi connectivity index (χ1v) is 9.79. The molecule has 4 rings (SSSR count). The van der Waals surface area contributed by atoms with Crippen molar-refractivity contribution >= 4 is 17.6 Å². The zero-order valence-electron chi connectivity index (χ0n) is 16.2. The number of hydrogen-bond donors (Lipinski definition) is 4. The lowest BCUT2D eigenvalue weighted by atomic mass is 10.0. The van der Waals surface area contributed by atoms with Crippen LogP contribution in [0.15, 0.2) is 41.5 Å². The number of hydrogen-bond acceptors (Lipinski definition) is 4. The first kappa shape index (κ1) is 20.3. The highest BCUT2D eigenvalue weighted by atomic mass is 19.4. The number of fused-ring (bicyclic) bond motifs is 1. The molecule has 0 bridgehead atoms. The molecule has 2 aromatic rings. The number of benzene rings is 1. The normalized spacial score (nSPS) is 22.9. The Kier molecular flexibility index (Phi) is 5.19. The molecule has 7 nitrogen and oxygen atoms in total. The Hall–Kier alpha value is -3.01. The lowest BCUT2D eigenvalue weighted by Gasteiger charge is -2.38. The van der Waals surface area contributed by atoms with Crippen molar-refractivity contribution in [1.82, 2.24) is 15.2 Å². The molecule has 1 aromatic carbocycles. The SMILES string of the molecule is NC1(c2ccc(C(=O)N3CCCCC3)cc2)NC(=NCC(F)(F)F)c2cc[nH]c2N1. The minimum Gasteiger partial charge on any atom is -0.348 e. The lowest BCUT2D eigenvalue weighted by molar-refractivity contribution is -0.118. The fraction of sp³-hybridized carbons (Fsp3) is 0.400. The van der Waals surface area contributed by atoms with E-state index in [2.05, 4.69) is 20.6 Å². The molecule has 3 heterocycles. The number of nitrogens with zero attached hydrogens (tertiary/aromatic N) is 2. The number of rotatable bonds is 3. The van der Waals surface area contributed by atoms with Gasteiger partial charge in [-0.15, -0.1) is 0 Å². The van der Waals surface area contributed by atoms with Gasteiger partial charge in [0, 0.05) is 30.4 Å². The van der Waals surface area contributed by atoms with Gasteiger partial charge in [-0.3, -0.25) is 15.5 Å². The summed E-state index contributed by atoms with van der Waals surface area (Å²) in [7, 11) is 0. The molecule has 30 heavy (non-hydrogen) atoms. The Morgan fingerprint density at radius 2 is 1.80 bits per heavy atom. The van der Waals surface area contributed by atoms with Crippen molar-refractivity contribution in [1.29, 1.82) is 0 Å².